The van der Waals surface area contributed by atoms with E-state index in [0.29, 0.717) is 11.1 Å². The molecule has 4 rings (SSSR count). The maximum absolute atomic E-state index is 14.8. The number of tetrazole rings is 1. The van der Waals surface area contributed by atoms with Crippen LogP contribution in [-0.4, -0.2) is 25.2 Å². The minimum absolute atomic E-state index is 0.0402. The molecule has 2 aromatic heterocycles. The molecule has 0 bridgehead atoms. The van der Waals surface area contributed by atoms with E-state index in [4.69, 9.17) is 5.73 Å². The standard InChI is InChI=1S/C19H20F2N6/c1-2-3-4-12-9-10-23-18(22)15(12)19-24-25-26-27(19)14-8-7-13(11-5-6-11)16(20)17(14)21/h7-11H,2-6H2,1H3,(H2,22,23). The fraction of sp³-hybridized carbons (Fsp3) is 0.368. The number of benzene rings is 1. The molecule has 1 saturated carbocycles. The molecule has 140 valence electrons. The average molecular weight is 370 g/mol. The molecular formula is C19H20F2N6. The summed E-state index contributed by atoms with van der Waals surface area (Å²) in [4.78, 5) is 4.13. The number of pyridine rings is 1. The zero-order valence-corrected chi connectivity index (χ0v) is 15.0. The molecule has 1 aromatic carbocycles. The third-order valence-electron chi connectivity index (χ3n) is 4.90. The first-order valence-corrected chi connectivity index (χ1v) is 9.12. The van der Waals surface area contributed by atoms with Crippen LogP contribution in [-0.2, 0) is 6.42 Å². The summed E-state index contributed by atoms with van der Waals surface area (Å²) in [6, 6.07) is 4.99. The zero-order valence-electron chi connectivity index (χ0n) is 15.0. The van der Waals surface area contributed by atoms with Gasteiger partial charge in [0.25, 0.3) is 0 Å². The van der Waals surface area contributed by atoms with Crippen LogP contribution in [0.5, 0.6) is 0 Å². The van der Waals surface area contributed by atoms with E-state index in [0.717, 1.165) is 37.7 Å². The lowest BCUT2D eigenvalue weighted by Crippen LogP contribution is -2.09. The first-order chi connectivity index (χ1) is 13.1. The van der Waals surface area contributed by atoms with E-state index in [2.05, 4.69) is 27.4 Å². The number of anilines is 1. The third-order valence-corrected chi connectivity index (χ3v) is 4.90. The summed E-state index contributed by atoms with van der Waals surface area (Å²) in [5, 5.41) is 11.6. The van der Waals surface area contributed by atoms with Crippen LogP contribution in [0.25, 0.3) is 17.1 Å². The number of hydrogen-bond acceptors (Lipinski definition) is 5. The molecule has 2 N–H and O–H groups in total. The molecule has 0 aliphatic heterocycles. The van der Waals surface area contributed by atoms with Gasteiger partial charge in [-0.3, -0.25) is 0 Å². The minimum atomic E-state index is -0.953. The Hall–Kier alpha value is -2.90. The topological polar surface area (TPSA) is 82.5 Å². The van der Waals surface area contributed by atoms with Gasteiger partial charge in [0.15, 0.2) is 17.5 Å². The highest BCUT2D eigenvalue weighted by molar-refractivity contribution is 5.73. The lowest BCUT2D eigenvalue weighted by molar-refractivity contribution is 0.492. The van der Waals surface area contributed by atoms with Crippen molar-refractivity contribution in [3.05, 3.63) is 47.2 Å². The number of nitrogens with two attached hydrogens (primary N) is 1. The highest BCUT2D eigenvalue weighted by atomic mass is 19.2. The Morgan fingerprint density at radius 3 is 2.74 bits per heavy atom. The number of halogens is 2. The number of rotatable bonds is 6. The van der Waals surface area contributed by atoms with Crippen molar-refractivity contribution in [1.82, 2.24) is 25.2 Å². The summed E-state index contributed by atoms with van der Waals surface area (Å²) in [6.45, 7) is 2.09. The summed E-state index contributed by atoms with van der Waals surface area (Å²) in [6.07, 6.45) is 6.13. The van der Waals surface area contributed by atoms with Crippen molar-refractivity contribution in [2.45, 2.75) is 44.9 Å². The summed E-state index contributed by atoms with van der Waals surface area (Å²) < 4.78 is 30.5. The van der Waals surface area contributed by atoms with E-state index >= 15 is 0 Å². The molecule has 1 fully saturated rings. The molecule has 0 atom stereocenters. The summed E-state index contributed by atoms with van der Waals surface area (Å²) in [7, 11) is 0. The van der Waals surface area contributed by atoms with Gasteiger partial charge in [-0.2, -0.15) is 4.68 Å². The van der Waals surface area contributed by atoms with Crippen LogP contribution in [0.3, 0.4) is 0 Å². The van der Waals surface area contributed by atoms with Gasteiger partial charge < -0.3 is 5.73 Å². The fourth-order valence-electron chi connectivity index (χ4n) is 3.29. The molecule has 0 amide bonds. The Morgan fingerprint density at radius 2 is 2.00 bits per heavy atom. The van der Waals surface area contributed by atoms with Gasteiger partial charge in [-0.25, -0.2) is 13.8 Å². The molecule has 0 unspecified atom stereocenters. The Bertz CT molecular complexity index is 980. The van der Waals surface area contributed by atoms with Gasteiger partial charge in [-0.1, -0.05) is 19.4 Å². The maximum atomic E-state index is 14.8. The van der Waals surface area contributed by atoms with Gasteiger partial charge in [0.05, 0.1) is 5.56 Å². The number of aromatic nitrogens is 5. The second-order valence-electron chi connectivity index (χ2n) is 6.82. The van der Waals surface area contributed by atoms with Gasteiger partial charge >= 0.3 is 0 Å². The molecule has 0 saturated heterocycles. The third kappa shape index (κ3) is 3.15. The molecule has 0 spiro atoms. The lowest BCUT2D eigenvalue weighted by atomic mass is 10.0. The van der Waals surface area contributed by atoms with Crippen LogP contribution >= 0.6 is 0 Å². The van der Waals surface area contributed by atoms with Crippen molar-refractivity contribution in [2.75, 3.05) is 5.73 Å². The van der Waals surface area contributed by atoms with E-state index in [9.17, 15) is 8.78 Å². The van der Waals surface area contributed by atoms with E-state index in [-0.39, 0.29) is 23.2 Å². The van der Waals surface area contributed by atoms with Gasteiger partial charge in [0, 0.05) is 6.20 Å². The molecule has 8 heteroatoms. The molecule has 1 aliphatic carbocycles. The summed E-state index contributed by atoms with van der Waals surface area (Å²) in [5.74, 6) is -1.16. The van der Waals surface area contributed by atoms with Crippen LogP contribution < -0.4 is 5.73 Å². The monoisotopic (exact) mass is 370 g/mol. The van der Waals surface area contributed by atoms with Crippen LogP contribution in [0.15, 0.2) is 24.4 Å². The SMILES string of the molecule is CCCCc1ccnc(N)c1-c1nnnn1-c1ccc(C2CC2)c(F)c1F. The van der Waals surface area contributed by atoms with Crippen LogP contribution in [0.4, 0.5) is 14.6 Å². The predicted molar refractivity (Wildman–Crippen MR) is 97.3 cm³/mol. The average Bonchev–Trinajstić information content (AvgIpc) is 3.40. The van der Waals surface area contributed by atoms with Crippen LogP contribution in [0.2, 0.25) is 0 Å². The predicted octanol–water partition coefficient (Wildman–Crippen LogP) is 3.80. The van der Waals surface area contributed by atoms with Gasteiger partial charge in [0.2, 0.25) is 0 Å². The van der Waals surface area contributed by atoms with E-state index in [1.54, 1.807) is 12.3 Å². The summed E-state index contributed by atoms with van der Waals surface area (Å²) >= 11 is 0. The second-order valence-corrected chi connectivity index (χ2v) is 6.82. The fourth-order valence-corrected chi connectivity index (χ4v) is 3.29. The smallest absolute Gasteiger partial charge is 0.191 e. The van der Waals surface area contributed by atoms with Crippen LogP contribution in [0.1, 0.15) is 49.7 Å². The Morgan fingerprint density at radius 1 is 1.19 bits per heavy atom. The van der Waals surface area contributed by atoms with Crippen LogP contribution in [0, 0.1) is 11.6 Å². The number of unbranched alkanes of at least 4 members (excludes halogenated alkanes) is 1. The van der Waals surface area contributed by atoms with E-state index in [1.807, 2.05) is 6.07 Å². The lowest BCUT2D eigenvalue weighted by Gasteiger charge is -2.13. The molecular weight excluding hydrogens is 350 g/mol. The quantitative estimate of drug-likeness (QED) is 0.713. The van der Waals surface area contributed by atoms with Crippen molar-refractivity contribution in [1.29, 1.82) is 0 Å². The molecule has 0 radical (unpaired) electrons. The maximum Gasteiger partial charge on any atom is 0.191 e. The number of nitrogens with zero attached hydrogens (tertiary/aromatic N) is 5. The molecule has 3 aromatic rings. The normalized spacial score (nSPS) is 13.9. The summed E-state index contributed by atoms with van der Waals surface area (Å²) in [5.41, 5.74) is 7.94. The van der Waals surface area contributed by atoms with Crippen molar-refractivity contribution in [3.63, 3.8) is 0 Å². The first kappa shape index (κ1) is 17.5. The van der Waals surface area contributed by atoms with E-state index in [1.165, 1.54) is 10.7 Å². The van der Waals surface area contributed by atoms with Crippen molar-refractivity contribution in [3.8, 4) is 17.1 Å². The van der Waals surface area contributed by atoms with Crippen molar-refractivity contribution < 1.29 is 8.78 Å². The minimum Gasteiger partial charge on any atom is -0.383 e. The Labute approximate surface area is 155 Å². The number of nitrogen functional groups attached to an aromatic ring is 1. The van der Waals surface area contributed by atoms with Gasteiger partial charge in [-0.05, 0) is 65.3 Å². The number of hydrogen-bond donors (Lipinski definition) is 1. The molecule has 6 nitrogen and oxygen atoms in total. The second kappa shape index (κ2) is 7.02. The van der Waals surface area contributed by atoms with Gasteiger partial charge in [0.1, 0.15) is 11.5 Å². The largest absolute Gasteiger partial charge is 0.383 e. The highest BCUT2D eigenvalue weighted by Gasteiger charge is 2.30. The van der Waals surface area contributed by atoms with E-state index < -0.39 is 11.6 Å². The zero-order chi connectivity index (χ0) is 19.0. The highest BCUT2D eigenvalue weighted by Crippen LogP contribution is 2.42. The molecule has 2 heterocycles. The Kier molecular flexibility index (Phi) is 4.55. The molecule has 1 aliphatic rings. The molecule has 27 heavy (non-hydrogen) atoms. The van der Waals surface area contributed by atoms with Crippen molar-refractivity contribution >= 4 is 5.82 Å². The number of aryl methyl sites for hydroxylation is 1. The van der Waals surface area contributed by atoms with Crippen molar-refractivity contribution in [2.24, 2.45) is 0 Å². The van der Waals surface area contributed by atoms with Gasteiger partial charge in [-0.15, -0.1) is 5.10 Å². The first-order valence-electron chi connectivity index (χ1n) is 9.12. The Balaban J connectivity index is 1.82.